The molecule has 0 saturated carbocycles. The number of piperazine rings is 1. The van der Waals surface area contributed by atoms with Crippen molar-refractivity contribution in [1.29, 1.82) is 0 Å². The van der Waals surface area contributed by atoms with Crippen LogP contribution in [-0.2, 0) is 11.2 Å². The number of carbonyl (C=O) groups is 3. The van der Waals surface area contributed by atoms with Gasteiger partial charge < -0.3 is 27.0 Å². The first-order chi connectivity index (χ1) is 18.1. The van der Waals surface area contributed by atoms with Crippen molar-refractivity contribution in [2.75, 3.05) is 43.4 Å². The van der Waals surface area contributed by atoms with Gasteiger partial charge in [-0.05, 0) is 43.0 Å². The topological polar surface area (TPSA) is 165 Å². The highest BCUT2D eigenvalue weighted by Crippen LogP contribution is 2.30. The number of hydrogen-bond donors (Lipinski definition) is 3. The Kier molecular flexibility index (Phi) is 8.59. The molecule has 2 aliphatic rings. The standard InChI is InChI=1S/C25H32Cl2N8O3/c1-2-16-13-34(24-21(27)31-20(23(30)37)22(29)32-24)9-10-35(16)17-5-7-33(8-6-17)25(38)18-4-3-15(26)11-14(18)12-19(28)36/h3-4,11,16-17H,2,5-10,12-13H2,1H3,(H2,28,36)(H2,29,32)(H2,30,37)/t16-/m0/s1. The van der Waals surface area contributed by atoms with Crippen LogP contribution in [-0.4, -0.2) is 82.3 Å². The molecule has 2 saturated heterocycles. The molecule has 2 aliphatic heterocycles. The largest absolute Gasteiger partial charge is 0.382 e. The van der Waals surface area contributed by atoms with E-state index in [0.717, 1.165) is 25.8 Å². The number of anilines is 2. The van der Waals surface area contributed by atoms with Gasteiger partial charge in [0.05, 0.1) is 6.42 Å². The van der Waals surface area contributed by atoms with Crippen molar-refractivity contribution in [3.63, 3.8) is 0 Å². The van der Waals surface area contributed by atoms with Crippen molar-refractivity contribution >= 4 is 52.6 Å². The highest BCUT2D eigenvalue weighted by atomic mass is 35.5. The van der Waals surface area contributed by atoms with E-state index in [-0.39, 0.29) is 35.0 Å². The molecule has 1 aromatic carbocycles. The number of piperidine rings is 1. The SMILES string of the molecule is CC[C@H]1CN(c2nc(N)c(C(N)=O)nc2Cl)CCN1C1CCN(C(=O)c2ccc(Cl)cc2CC(N)=O)CC1. The Morgan fingerprint density at radius 2 is 1.76 bits per heavy atom. The van der Waals surface area contributed by atoms with Gasteiger partial charge in [0, 0.05) is 55.4 Å². The maximum Gasteiger partial charge on any atom is 0.271 e. The maximum atomic E-state index is 13.3. The minimum Gasteiger partial charge on any atom is -0.382 e. The first kappa shape index (κ1) is 27.9. The predicted octanol–water partition coefficient (Wildman–Crippen LogP) is 1.70. The fraction of sp³-hybridized carbons (Fsp3) is 0.480. The average molecular weight is 563 g/mol. The lowest BCUT2D eigenvalue weighted by atomic mass is 9.96. The molecular weight excluding hydrogens is 531 g/mol. The van der Waals surface area contributed by atoms with Crippen LogP contribution in [0.4, 0.5) is 11.6 Å². The molecule has 0 unspecified atom stereocenters. The molecule has 1 aromatic heterocycles. The molecule has 0 bridgehead atoms. The van der Waals surface area contributed by atoms with Gasteiger partial charge in [0.25, 0.3) is 11.8 Å². The van der Waals surface area contributed by atoms with Gasteiger partial charge in [0.1, 0.15) is 0 Å². The van der Waals surface area contributed by atoms with Crippen molar-refractivity contribution in [3.05, 3.63) is 45.2 Å². The summed E-state index contributed by atoms with van der Waals surface area (Å²) in [5.74, 6) is -0.988. The summed E-state index contributed by atoms with van der Waals surface area (Å²) in [7, 11) is 0. The van der Waals surface area contributed by atoms with Crippen molar-refractivity contribution in [2.24, 2.45) is 11.5 Å². The fourth-order valence-corrected chi connectivity index (χ4v) is 5.82. The smallest absolute Gasteiger partial charge is 0.271 e. The summed E-state index contributed by atoms with van der Waals surface area (Å²) >= 11 is 12.4. The third-order valence-corrected chi connectivity index (χ3v) is 7.77. The summed E-state index contributed by atoms with van der Waals surface area (Å²) in [6.45, 7) is 5.49. The number of nitrogens with two attached hydrogens (primary N) is 3. The summed E-state index contributed by atoms with van der Waals surface area (Å²) in [6.07, 6.45) is 2.55. The third kappa shape index (κ3) is 5.95. The van der Waals surface area contributed by atoms with E-state index < -0.39 is 11.8 Å². The molecule has 4 rings (SSSR count). The van der Waals surface area contributed by atoms with Crippen LogP contribution in [0, 0.1) is 0 Å². The number of likely N-dealkylation sites (tertiary alicyclic amines) is 1. The number of halogens is 2. The Bertz CT molecular complexity index is 1240. The van der Waals surface area contributed by atoms with E-state index in [1.54, 1.807) is 18.2 Å². The lowest BCUT2D eigenvalue weighted by molar-refractivity contribution is -0.117. The van der Waals surface area contributed by atoms with Crippen LogP contribution in [0.2, 0.25) is 10.2 Å². The third-order valence-electron chi connectivity index (χ3n) is 7.28. The van der Waals surface area contributed by atoms with Crippen LogP contribution in [0.5, 0.6) is 0 Å². The number of nitrogen functional groups attached to an aromatic ring is 1. The Balaban J connectivity index is 1.41. The van der Waals surface area contributed by atoms with Crippen molar-refractivity contribution in [1.82, 2.24) is 19.8 Å². The monoisotopic (exact) mass is 562 g/mol. The van der Waals surface area contributed by atoms with Crippen molar-refractivity contribution in [3.8, 4) is 0 Å². The molecule has 11 nitrogen and oxygen atoms in total. The fourth-order valence-electron chi connectivity index (χ4n) is 5.38. The second kappa shape index (κ2) is 11.7. The summed E-state index contributed by atoms with van der Waals surface area (Å²) in [6, 6.07) is 5.51. The van der Waals surface area contributed by atoms with E-state index in [0.29, 0.717) is 54.2 Å². The minimum absolute atomic E-state index is 0.0359. The van der Waals surface area contributed by atoms with E-state index in [1.165, 1.54) is 0 Å². The molecule has 2 fully saturated rings. The highest BCUT2D eigenvalue weighted by molar-refractivity contribution is 6.32. The van der Waals surface area contributed by atoms with Gasteiger partial charge in [-0.15, -0.1) is 0 Å². The van der Waals surface area contributed by atoms with E-state index >= 15 is 0 Å². The highest BCUT2D eigenvalue weighted by Gasteiger charge is 2.35. The molecule has 2 aromatic rings. The number of benzene rings is 1. The predicted molar refractivity (Wildman–Crippen MR) is 146 cm³/mol. The van der Waals surface area contributed by atoms with Crippen LogP contribution < -0.4 is 22.1 Å². The number of hydrogen-bond acceptors (Lipinski definition) is 8. The van der Waals surface area contributed by atoms with Gasteiger partial charge in [-0.25, -0.2) is 9.97 Å². The van der Waals surface area contributed by atoms with Gasteiger partial charge in [-0.2, -0.15) is 0 Å². The second-order valence-electron chi connectivity index (χ2n) is 9.65. The zero-order chi connectivity index (χ0) is 27.6. The first-order valence-corrected chi connectivity index (χ1v) is 13.3. The Morgan fingerprint density at radius 1 is 1.05 bits per heavy atom. The van der Waals surface area contributed by atoms with Gasteiger partial charge >= 0.3 is 0 Å². The molecule has 38 heavy (non-hydrogen) atoms. The lowest BCUT2D eigenvalue weighted by Crippen LogP contribution is -2.58. The molecule has 0 spiro atoms. The molecule has 204 valence electrons. The summed E-state index contributed by atoms with van der Waals surface area (Å²) in [4.78, 5) is 51.1. The van der Waals surface area contributed by atoms with Gasteiger partial charge in [-0.3, -0.25) is 19.3 Å². The number of nitrogens with zero attached hydrogens (tertiary/aromatic N) is 5. The second-order valence-corrected chi connectivity index (χ2v) is 10.4. The van der Waals surface area contributed by atoms with Gasteiger partial charge in [0.2, 0.25) is 5.91 Å². The van der Waals surface area contributed by atoms with E-state index in [1.807, 2.05) is 9.80 Å². The molecule has 1 atom stereocenters. The Hall–Kier alpha value is -3.15. The number of aromatic nitrogens is 2. The molecular formula is C25H32Cl2N8O3. The normalized spacial score (nSPS) is 19.0. The molecule has 6 N–H and O–H groups in total. The molecule has 3 heterocycles. The van der Waals surface area contributed by atoms with Crippen LogP contribution >= 0.6 is 23.2 Å². The summed E-state index contributed by atoms with van der Waals surface area (Å²) < 4.78 is 0. The first-order valence-electron chi connectivity index (χ1n) is 12.6. The minimum atomic E-state index is -0.773. The zero-order valence-electron chi connectivity index (χ0n) is 21.2. The van der Waals surface area contributed by atoms with Crippen LogP contribution in [0.3, 0.4) is 0 Å². The summed E-state index contributed by atoms with van der Waals surface area (Å²) in [5.41, 5.74) is 17.5. The zero-order valence-corrected chi connectivity index (χ0v) is 22.7. The Morgan fingerprint density at radius 3 is 2.39 bits per heavy atom. The Labute approximate surface area is 231 Å². The number of amides is 3. The number of rotatable bonds is 7. The van der Waals surface area contributed by atoms with Gasteiger partial charge in [-0.1, -0.05) is 30.1 Å². The van der Waals surface area contributed by atoms with E-state index in [4.69, 9.17) is 40.4 Å². The number of primary amides is 2. The average Bonchev–Trinajstić information content (AvgIpc) is 2.88. The molecule has 0 aliphatic carbocycles. The van der Waals surface area contributed by atoms with Crippen LogP contribution in [0.15, 0.2) is 18.2 Å². The summed E-state index contributed by atoms with van der Waals surface area (Å²) in [5, 5.41) is 0.557. The number of carbonyl (C=O) groups excluding carboxylic acids is 3. The molecule has 0 radical (unpaired) electrons. The van der Waals surface area contributed by atoms with Crippen LogP contribution in [0.25, 0.3) is 0 Å². The van der Waals surface area contributed by atoms with Crippen LogP contribution in [0.1, 0.15) is 52.6 Å². The van der Waals surface area contributed by atoms with Crippen molar-refractivity contribution < 1.29 is 14.4 Å². The lowest BCUT2D eigenvalue weighted by Gasteiger charge is -2.47. The molecule has 13 heteroatoms. The molecule has 3 amide bonds. The van der Waals surface area contributed by atoms with E-state index in [9.17, 15) is 14.4 Å². The van der Waals surface area contributed by atoms with E-state index in [2.05, 4.69) is 21.8 Å². The van der Waals surface area contributed by atoms with Crippen molar-refractivity contribution in [2.45, 2.75) is 44.7 Å². The quantitative estimate of drug-likeness (QED) is 0.458. The maximum absolute atomic E-state index is 13.3. The van der Waals surface area contributed by atoms with Gasteiger partial charge in [0.15, 0.2) is 22.5 Å².